The van der Waals surface area contributed by atoms with Gasteiger partial charge in [-0.3, -0.25) is 0 Å². The molecule has 1 atom stereocenters. The smallest absolute Gasteiger partial charge is 0.173 e. The van der Waals surface area contributed by atoms with Gasteiger partial charge in [-0.15, -0.1) is 0 Å². The number of ether oxygens (including phenoxy) is 2. The molecule has 1 N–H and O–H groups in total. The van der Waals surface area contributed by atoms with E-state index in [0.29, 0.717) is 5.75 Å². The molecule has 1 aliphatic rings. The Morgan fingerprint density at radius 3 is 2.62 bits per heavy atom. The number of phenolic OH excluding ortho intramolecular Hbond substituents is 1. The van der Waals surface area contributed by atoms with Gasteiger partial charge in [-0.25, -0.2) is 0 Å². The van der Waals surface area contributed by atoms with Gasteiger partial charge >= 0.3 is 0 Å². The zero-order valence-electron chi connectivity index (χ0n) is 17.0. The van der Waals surface area contributed by atoms with Crippen LogP contribution in [0.2, 0.25) is 0 Å². The van der Waals surface area contributed by atoms with Crippen molar-refractivity contribution in [2.75, 3.05) is 7.11 Å². The zero-order chi connectivity index (χ0) is 19.3. The van der Waals surface area contributed by atoms with Crippen LogP contribution in [0.5, 0.6) is 17.2 Å². The molecule has 0 bridgehead atoms. The van der Waals surface area contributed by atoms with Crippen molar-refractivity contribution in [3.05, 3.63) is 46.6 Å². The summed E-state index contributed by atoms with van der Waals surface area (Å²) in [4.78, 5) is 0. The molecule has 26 heavy (non-hydrogen) atoms. The van der Waals surface area contributed by atoms with Crippen LogP contribution >= 0.6 is 0 Å². The topological polar surface area (TPSA) is 38.7 Å². The zero-order valence-corrected chi connectivity index (χ0v) is 17.0. The van der Waals surface area contributed by atoms with E-state index in [2.05, 4.69) is 45.9 Å². The SMILES string of the molecule is COc1cc(C)c(O)c2c1C=CC(C)(CC/C=C(\C)CCC=C(C)C)O2. The van der Waals surface area contributed by atoms with Crippen molar-refractivity contribution < 1.29 is 14.6 Å². The highest BCUT2D eigenvalue weighted by Gasteiger charge is 2.30. The maximum Gasteiger partial charge on any atom is 0.173 e. The number of hydrogen-bond donors (Lipinski definition) is 1. The normalized spacial score (nSPS) is 18.9. The van der Waals surface area contributed by atoms with Gasteiger partial charge in [0.15, 0.2) is 11.5 Å². The number of rotatable bonds is 7. The van der Waals surface area contributed by atoms with Crippen molar-refractivity contribution in [1.29, 1.82) is 0 Å². The second-order valence-electron chi connectivity index (χ2n) is 7.64. The number of aromatic hydroxyl groups is 1. The van der Waals surface area contributed by atoms with E-state index in [1.807, 2.05) is 19.1 Å². The van der Waals surface area contributed by atoms with Crippen LogP contribution in [-0.2, 0) is 0 Å². The van der Waals surface area contributed by atoms with Crippen LogP contribution < -0.4 is 9.47 Å². The Morgan fingerprint density at radius 2 is 1.96 bits per heavy atom. The molecule has 0 radical (unpaired) electrons. The number of benzene rings is 1. The highest BCUT2D eigenvalue weighted by atomic mass is 16.5. The molecule has 0 amide bonds. The lowest BCUT2D eigenvalue weighted by Crippen LogP contribution is -2.31. The Kier molecular flexibility index (Phi) is 6.57. The minimum absolute atomic E-state index is 0.199. The second-order valence-corrected chi connectivity index (χ2v) is 7.64. The molecule has 0 spiro atoms. The highest BCUT2D eigenvalue weighted by Crippen LogP contribution is 2.45. The van der Waals surface area contributed by atoms with Crippen LogP contribution in [-0.4, -0.2) is 17.8 Å². The van der Waals surface area contributed by atoms with E-state index in [1.54, 1.807) is 7.11 Å². The molecule has 1 heterocycles. The quantitative estimate of drug-likeness (QED) is 0.579. The summed E-state index contributed by atoms with van der Waals surface area (Å²) in [5.74, 6) is 1.45. The van der Waals surface area contributed by atoms with E-state index in [1.165, 1.54) is 11.1 Å². The summed E-state index contributed by atoms with van der Waals surface area (Å²) in [5, 5.41) is 10.4. The molecular formula is C23H32O3. The summed E-state index contributed by atoms with van der Waals surface area (Å²) < 4.78 is 11.6. The molecule has 142 valence electrons. The number of fused-ring (bicyclic) bond motifs is 1. The lowest BCUT2D eigenvalue weighted by Gasteiger charge is -2.32. The average Bonchev–Trinajstić information content (AvgIpc) is 2.58. The fourth-order valence-corrected chi connectivity index (χ4v) is 3.15. The molecule has 0 saturated carbocycles. The fourth-order valence-electron chi connectivity index (χ4n) is 3.15. The summed E-state index contributed by atoms with van der Waals surface area (Å²) in [6.07, 6.45) is 12.6. The van der Waals surface area contributed by atoms with Crippen LogP contribution in [0.1, 0.15) is 64.5 Å². The fraction of sp³-hybridized carbons (Fsp3) is 0.478. The second kappa shape index (κ2) is 8.48. The van der Waals surface area contributed by atoms with Crippen molar-refractivity contribution >= 4 is 6.08 Å². The molecule has 0 saturated heterocycles. The maximum absolute atomic E-state index is 10.4. The Bertz CT molecular complexity index is 736. The third kappa shape index (κ3) is 4.94. The minimum atomic E-state index is -0.431. The summed E-state index contributed by atoms with van der Waals surface area (Å²) in [5.41, 5.74) is 3.91. The van der Waals surface area contributed by atoms with E-state index in [4.69, 9.17) is 9.47 Å². The number of allylic oxidation sites excluding steroid dienone is 4. The Morgan fingerprint density at radius 1 is 1.23 bits per heavy atom. The van der Waals surface area contributed by atoms with Gasteiger partial charge in [0.05, 0.1) is 12.7 Å². The van der Waals surface area contributed by atoms with Gasteiger partial charge in [-0.05, 0) is 84.1 Å². The highest BCUT2D eigenvalue weighted by molar-refractivity contribution is 5.72. The van der Waals surface area contributed by atoms with Crippen molar-refractivity contribution in [1.82, 2.24) is 0 Å². The number of hydrogen-bond acceptors (Lipinski definition) is 3. The monoisotopic (exact) mass is 356 g/mol. The standard InChI is InChI=1S/C23H32O3/c1-16(2)9-7-10-17(3)11-8-13-23(5)14-12-19-20(25-6)15-18(4)21(24)22(19)26-23/h9,11-12,14-15,24H,7-8,10,13H2,1-6H3/b17-11+. The number of methoxy groups -OCH3 is 1. The molecule has 0 aliphatic carbocycles. The molecule has 1 aromatic rings. The molecule has 3 heteroatoms. The van der Waals surface area contributed by atoms with Crippen molar-refractivity contribution in [3.8, 4) is 17.2 Å². The lowest BCUT2D eigenvalue weighted by molar-refractivity contribution is 0.123. The summed E-state index contributed by atoms with van der Waals surface area (Å²) in [7, 11) is 1.64. The first-order chi connectivity index (χ1) is 12.3. The average molecular weight is 357 g/mol. The molecule has 2 rings (SSSR count). The lowest BCUT2D eigenvalue weighted by atomic mass is 9.93. The first kappa shape index (κ1) is 20.2. The van der Waals surface area contributed by atoms with Gasteiger partial charge in [0, 0.05) is 0 Å². The Balaban J connectivity index is 2.05. The predicted molar refractivity (Wildman–Crippen MR) is 109 cm³/mol. The minimum Gasteiger partial charge on any atom is -0.504 e. The molecular weight excluding hydrogens is 324 g/mol. The largest absolute Gasteiger partial charge is 0.504 e. The molecule has 1 aliphatic heterocycles. The van der Waals surface area contributed by atoms with Crippen molar-refractivity contribution in [3.63, 3.8) is 0 Å². The van der Waals surface area contributed by atoms with Gasteiger partial charge in [0.25, 0.3) is 0 Å². The van der Waals surface area contributed by atoms with Gasteiger partial charge in [0.2, 0.25) is 0 Å². The third-order valence-corrected chi connectivity index (χ3v) is 4.83. The van der Waals surface area contributed by atoms with Gasteiger partial charge in [-0.1, -0.05) is 23.3 Å². The summed E-state index contributed by atoms with van der Waals surface area (Å²) in [6.45, 7) is 10.4. The van der Waals surface area contributed by atoms with Crippen LogP contribution in [0.15, 0.2) is 35.4 Å². The van der Waals surface area contributed by atoms with E-state index in [9.17, 15) is 5.11 Å². The number of aryl methyl sites for hydroxylation is 1. The Hall–Kier alpha value is -2.16. The van der Waals surface area contributed by atoms with Gasteiger partial charge < -0.3 is 14.6 Å². The molecule has 0 aromatic heterocycles. The van der Waals surface area contributed by atoms with E-state index in [0.717, 1.165) is 42.6 Å². The first-order valence-electron chi connectivity index (χ1n) is 9.33. The van der Waals surface area contributed by atoms with Gasteiger partial charge in [0.1, 0.15) is 11.4 Å². The first-order valence-corrected chi connectivity index (χ1v) is 9.33. The predicted octanol–water partition coefficient (Wildman–Crippen LogP) is 6.35. The van der Waals surface area contributed by atoms with E-state index < -0.39 is 5.60 Å². The molecule has 3 nitrogen and oxygen atoms in total. The van der Waals surface area contributed by atoms with Crippen LogP contribution in [0.4, 0.5) is 0 Å². The van der Waals surface area contributed by atoms with E-state index >= 15 is 0 Å². The molecule has 1 unspecified atom stereocenters. The van der Waals surface area contributed by atoms with Gasteiger partial charge in [-0.2, -0.15) is 0 Å². The molecule has 0 fully saturated rings. The summed E-state index contributed by atoms with van der Waals surface area (Å²) in [6, 6.07) is 1.84. The van der Waals surface area contributed by atoms with Crippen LogP contribution in [0.25, 0.3) is 6.08 Å². The Labute approximate surface area is 158 Å². The summed E-state index contributed by atoms with van der Waals surface area (Å²) >= 11 is 0. The van der Waals surface area contributed by atoms with Crippen LogP contribution in [0, 0.1) is 6.92 Å². The maximum atomic E-state index is 10.4. The molecule has 1 aromatic carbocycles. The number of phenols is 1. The third-order valence-electron chi connectivity index (χ3n) is 4.83. The van der Waals surface area contributed by atoms with Crippen molar-refractivity contribution in [2.24, 2.45) is 0 Å². The van der Waals surface area contributed by atoms with Crippen LogP contribution in [0.3, 0.4) is 0 Å². The van der Waals surface area contributed by atoms with Crippen molar-refractivity contribution in [2.45, 2.75) is 65.9 Å². The van der Waals surface area contributed by atoms with E-state index in [-0.39, 0.29) is 5.75 Å².